The van der Waals surface area contributed by atoms with E-state index in [1.807, 2.05) is 48.3 Å². The van der Waals surface area contributed by atoms with Crippen LogP contribution in [0.3, 0.4) is 0 Å². The third-order valence-corrected chi connectivity index (χ3v) is 3.26. The molecule has 0 saturated carbocycles. The zero-order chi connectivity index (χ0) is 15.4. The summed E-state index contributed by atoms with van der Waals surface area (Å²) in [4.78, 5) is 10.4. The monoisotopic (exact) mass is 294 g/mol. The summed E-state index contributed by atoms with van der Waals surface area (Å²) in [6.07, 6.45) is 1.50. The molecule has 0 fully saturated rings. The van der Waals surface area contributed by atoms with Crippen molar-refractivity contribution >= 4 is 23.0 Å². The molecule has 1 heterocycles. The van der Waals surface area contributed by atoms with Gasteiger partial charge in [-0.3, -0.25) is 0 Å². The van der Waals surface area contributed by atoms with E-state index in [1.165, 1.54) is 18.5 Å². The molecule has 0 spiro atoms. The van der Waals surface area contributed by atoms with E-state index < -0.39 is 0 Å². The molecule has 0 aliphatic carbocycles. The number of para-hydroxylation sites is 1. The molecular formula is C17H15FN4. The Morgan fingerprint density at radius 2 is 1.68 bits per heavy atom. The number of nitrogens with one attached hydrogen (secondary N) is 1. The number of hydrogen-bond acceptors (Lipinski definition) is 4. The first-order chi connectivity index (χ1) is 10.7. The van der Waals surface area contributed by atoms with Gasteiger partial charge in [-0.2, -0.15) is 0 Å². The van der Waals surface area contributed by atoms with Gasteiger partial charge in [0.2, 0.25) is 0 Å². The van der Waals surface area contributed by atoms with Crippen LogP contribution in [0.1, 0.15) is 0 Å². The number of aromatic nitrogens is 2. The molecule has 0 aliphatic rings. The molecule has 0 unspecified atom stereocenters. The van der Waals surface area contributed by atoms with E-state index >= 15 is 0 Å². The van der Waals surface area contributed by atoms with Crippen molar-refractivity contribution in [3.63, 3.8) is 0 Å². The van der Waals surface area contributed by atoms with Crippen LogP contribution in [0.4, 0.5) is 27.4 Å². The lowest BCUT2D eigenvalue weighted by molar-refractivity contribution is 0.628. The summed E-state index contributed by atoms with van der Waals surface area (Å²) >= 11 is 0. The molecule has 0 bridgehead atoms. The molecule has 3 aromatic rings. The Hall–Kier alpha value is -2.95. The van der Waals surface area contributed by atoms with Crippen LogP contribution in [0, 0.1) is 5.82 Å². The number of nitrogens with zero attached hydrogens (tertiary/aromatic N) is 3. The number of rotatable bonds is 4. The largest absolute Gasteiger partial charge is 0.340 e. The van der Waals surface area contributed by atoms with E-state index in [1.54, 1.807) is 12.1 Å². The molecule has 4 nitrogen and oxygen atoms in total. The van der Waals surface area contributed by atoms with Gasteiger partial charge in [0.1, 0.15) is 23.8 Å². The van der Waals surface area contributed by atoms with Crippen LogP contribution in [0.25, 0.3) is 0 Å². The molecule has 5 heteroatoms. The van der Waals surface area contributed by atoms with Crippen LogP contribution in [0.15, 0.2) is 67.0 Å². The molecule has 3 rings (SSSR count). The van der Waals surface area contributed by atoms with E-state index in [2.05, 4.69) is 15.3 Å². The van der Waals surface area contributed by atoms with Crippen molar-refractivity contribution in [1.29, 1.82) is 0 Å². The summed E-state index contributed by atoms with van der Waals surface area (Å²) in [6, 6.07) is 17.9. The topological polar surface area (TPSA) is 41.0 Å². The fourth-order valence-electron chi connectivity index (χ4n) is 2.06. The second-order valence-electron chi connectivity index (χ2n) is 4.79. The summed E-state index contributed by atoms with van der Waals surface area (Å²) in [6.45, 7) is 0. The molecule has 1 aromatic heterocycles. The van der Waals surface area contributed by atoms with Crippen LogP contribution >= 0.6 is 0 Å². The standard InChI is InChI=1S/C17H15FN4/c1-22(15-5-3-2-4-6-15)17-11-16(19-12-20-17)21-14-9-7-13(18)8-10-14/h2-12H,1H3,(H,19,20,21). The minimum Gasteiger partial charge on any atom is -0.340 e. The Morgan fingerprint density at radius 1 is 0.955 bits per heavy atom. The van der Waals surface area contributed by atoms with Crippen molar-refractivity contribution in [3.05, 3.63) is 72.8 Å². The molecule has 0 aliphatic heterocycles. The summed E-state index contributed by atoms with van der Waals surface area (Å²) in [5, 5.41) is 3.13. The molecule has 110 valence electrons. The number of anilines is 4. The first kappa shape index (κ1) is 14.0. The van der Waals surface area contributed by atoms with Crippen molar-refractivity contribution in [3.8, 4) is 0 Å². The predicted molar refractivity (Wildman–Crippen MR) is 86.2 cm³/mol. The highest BCUT2D eigenvalue weighted by Crippen LogP contribution is 2.23. The van der Waals surface area contributed by atoms with Gasteiger partial charge < -0.3 is 10.2 Å². The van der Waals surface area contributed by atoms with Crippen molar-refractivity contribution in [1.82, 2.24) is 9.97 Å². The highest BCUT2D eigenvalue weighted by atomic mass is 19.1. The van der Waals surface area contributed by atoms with Gasteiger partial charge in [0.25, 0.3) is 0 Å². The third kappa shape index (κ3) is 3.20. The van der Waals surface area contributed by atoms with Crippen LogP contribution in [-0.4, -0.2) is 17.0 Å². The quantitative estimate of drug-likeness (QED) is 0.785. The Bertz CT molecular complexity index is 744. The van der Waals surface area contributed by atoms with Gasteiger partial charge in [-0.25, -0.2) is 14.4 Å². The lowest BCUT2D eigenvalue weighted by atomic mass is 10.3. The zero-order valence-electron chi connectivity index (χ0n) is 12.1. The SMILES string of the molecule is CN(c1ccccc1)c1cc(Nc2ccc(F)cc2)ncn1. The smallest absolute Gasteiger partial charge is 0.138 e. The fraction of sp³-hybridized carbons (Fsp3) is 0.0588. The molecule has 1 N–H and O–H groups in total. The molecule has 0 saturated heterocycles. The minimum absolute atomic E-state index is 0.266. The maximum atomic E-state index is 12.9. The number of halogens is 1. The van der Waals surface area contributed by atoms with Crippen molar-refractivity contribution in [2.75, 3.05) is 17.3 Å². The average Bonchev–Trinajstić information content (AvgIpc) is 2.57. The van der Waals surface area contributed by atoms with Gasteiger partial charge in [-0.1, -0.05) is 18.2 Å². The molecule has 0 radical (unpaired) electrons. The van der Waals surface area contributed by atoms with Crippen LogP contribution < -0.4 is 10.2 Å². The van der Waals surface area contributed by atoms with Crippen LogP contribution in [-0.2, 0) is 0 Å². The van der Waals surface area contributed by atoms with Gasteiger partial charge in [0.15, 0.2) is 0 Å². The maximum absolute atomic E-state index is 12.9. The van der Waals surface area contributed by atoms with E-state index in [9.17, 15) is 4.39 Å². The Kier molecular flexibility index (Phi) is 3.96. The normalized spacial score (nSPS) is 10.3. The van der Waals surface area contributed by atoms with Crippen LogP contribution in [0.5, 0.6) is 0 Å². The third-order valence-electron chi connectivity index (χ3n) is 3.26. The maximum Gasteiger partial charge on any atom is 0.138 e. The van der Waals surface area contributed by atoms with E-state index in [0.29, 0.717) is 5.82 Å². The highest BCUT2D eigenvalue weighted by molar-refractivity contribution is 5.64. The van der Waals surface area contributed by atoms with Crippen LogP contribution in [0.2, 0.25) is 0 Å². The lowest BCUT2D eigenvalue weighted by Gasteiger charge is -2.18. The zero-order valence-corrected chi connectivity index (χ0v) is 12.1. The minimum atomic E-state index is -0.266. The summed E-state index contributed by atoms with van der Waals surface area (Å²) in [7, 11) is 1.94. The van der Waals surface area contributed by atoms with Gasteiger partial charge >= 0.3 is 0 Å². The Labute approximate surface area is 128 Å². The number of hydrogen-bond donors (Lipinski definition) is 1. The number of benzene rings is 2. The highest BCUT2D eigenvalue weighted by Gasteiger charge is 2.06. The second-order valence-corrected chi connectivity index (χ2v) is 4.79. The fourth-order valence-corrected chi connectivity index (χ4v) is 2.06. The van der Waals surface area contributed by atoms with Crippen molar-refractivity contribution in [2.45, 2.75) is 0 Å². The van der Waals surface area contributed by atoms with E-state index in [0.717, 1.165) is 17.2 Å². The summed E-state index contributed by atoms with van der Waals surface area (Å²) in [5.41, 5.74) is 1.81. The van der Waals surface area contributed by atoms with E-state index in [-0.39, 0.29) is 5.82 Å². The van der Waals surface area contributed by atoms with Gasteiger partial charge in [-0.05, 0) is 36.4 Å². The molecule has 22 heavy (non-hydrogen) atoms. The summed E-state index contributed by atoms with van der Waals surface area (Å²) < 4.78 is 12.9. The Balaban J connectivity index is 1.82. The Morgan fingerprint density at radius 3 is 2.41 bits per heavy atom. The van der Waals surface area contributed by atoms with Gasteiger partial charge in [0, 0.05) is 24.5 Å². The molecule has 2 aromatic carbocycles. The molecular weight excluding hydrogens is 279 g/mol. The van der Waals surface area contributed by atoms with Gasteiger partial charge in [0.05, 0.1) is 0 Å². The van der Waals surface area contributed by atoms with Crippen molar-refractivity contribution < 1.29 is 4.39 Å². The van der Waals surface area contributed by atoms with Gasteiger partial charge in [-0.15, -0.1) is 0 Å². The van der Waals surface area contributed by atoms with Crippen molar-refractivity contribution in [2.24, 2.45) is 0 Å². The molecule has 0 atom stereocenters. The first-order valence-corrected chi connectivity index (χ1v) is 6.86. The predicted octanol–water partition coefficient (Wildman–Crippen LogP) is 4.13. The lowest BCUT2D eigenvalue weighted by Crippen LogP contribution is -2.11. The average molecular weight is 294 g/mol. The summed E-state index contributed by atoms with van der Waals surface area (Å²) in [5.74, 6) is 1.16. The second kappa shape index (κ2) is 6.22. The van der Waals surface area contributed by atoms with E-state index in [4.69, 9.17) is 0 Å². The first-order valence-electron chi connectivity index (χ1n) is 6.86. The molecule has 0 amide bonds.